The van der Waals surface area contributed by atoms with Gasteiger partial charge in [-0.05, 0) is 24.0 Å². The van der Waals surface area contributed by atoms with E-state index in [1.165, 1.54) is 12.1 Å². The molecule has 0 heterocycles. The van der Waals surface area contributed by atoms with Crippen molar-refractivity contribution in [3.63, 3.8) is 0 Å². The monoisotopic (exact) mass is 298 g/mol. The molecule has 1 fully saturated rings. The number of carbonyl (C=O) groups excluding carboxylic acids is 1. The Labute approximate surface area is 122 Å². The molecule has 2 rings (SSSR count). The van der Waals surface area contributed by atoms with E-state index in [-0.39, 0.29) is 30.5 Å². The van der Waals surface area contributed by atoms with Crippen molar-refractivity contribution >= 4 is 6.03 Å². The topological polar surface area (TPSA) is 61.4 Å². The van der Waals surface area contributed by atoms with E-state index in [0.717, 1.165) is 6.07 Å². The van der Waals surface area contributed by atoms with Crippen molar-refractivity contribution in [1.29, 1.82) is 0 Å². The van der Waals surface area contributed by atoms with Gasteiger partial charge in [-0.1, -0.05) is 26.0 Å². The van der Waals surface area contributed by atoms with Crippen LogP contribution in [0.4, 0.5) is 13.6 Å². The van der Waals surface area contributed by atoms with Crippen LogP contribution in [0.15, 0.2) is 18.2 Å². The molecule has 0 aliphatic heterocycles. The molecular weight excluding hydrogens is 278 g/mol. The Kier molecular flexibility index (Phi) is 4.77. The molecule has 116 valence electrons. The highest BCUT2D eigenvalue weighted by molar-refractivity contribution is 5.75. The molecule has 6 heteroatoms. The van der Waals surface area contributed by atoms with Crippen LogP contribution < -0.4 is 10.6 Å². The summed E-state index contributed by atoms with van der Waals surface area (Å²) in [6.07, 6.45) is 0.583. The van der Waals surface area contributed by atoms with Gasteiger partial charge in [0, 0.05) is 12.0 Å². The van der Waals surface area contributed by atoms with Crippen molar-refractivity contribution in [1.82, 2.24) is 10.6 Å². The fourth-order valence-electron chi connectivity index (χ4n) is 2.31. The van der Waals surface area contributed by atoms with Gasteiger partial charge in [0.2, 0.25) is 0 Å². The Morgan fingerprint density at radius 1 is 1.43 bits per heavy atom. The highest BCUT2D eigenvalue weighted by Gasteiger charge is 2.41. The minimum Gasteiger partial charge on any atom is -0.394 e. The Bertz CT molecular complexity index is 522. The van der Waals surface area contributed by atoms with Gasteiger partial charge in [0.05, 0.1) is 12.6 Å². The zero-order valence-electron chi connectivity index (χ0n) is 12.1. The van der Waals surface area contributed by atoms with Gasteiger partial charge in [-0.25, -0.2) is 13.6 Å². The van der Waals surface area contributed by atoms with Gasteiger partial charge < -0.3 is 15.7 Å². The normalized spacial score (nSPS) is 22.0. The molecule has 3 atom stereocenters. The quantitative estimate of drug-likeness (QED) is 0.780. The van der Waals surface area contributed by atoms with Crippen LogP contribution in [0.1, 0.15) is 31.7 Å². The molecule has 0 bridgehead atoms. The zero-order chi connectivity index (χ0) is 15.6. The summed E-state index contributed by atoms with van der Waals surface area (Å²) in [5.74, 6) is -1.81. The maximum atomic E-state index is 13.6. The molecule has 0 spiro atoms. The minimum absolute atomic E-state index is 0.108. The summed E-state index contributed by atoms with van der Waals surface area (Å²) in [4.78, 5) is 11.8. The summed E-state index contributed by atoms with van der Waals surface area (Å²) < 4.78 is 26.8. The van der Waals surface area contributed by atoms with Crippen LogP contribution in [0, 0.1) is 17.6 Å². The number of nitrogens with one attached hydrogen (secondary N) is 2. The second-order valence-electron chi connectivity index (χ2n) is 5.74. The average Bonchev–Trinajstić information content (AvgIpc) is 3.17. The summed E-state index contributed by atoms with van der Waals surface area (Å²) in [6.45, 7) is 3.64. The maximum Gasteiger partial charge on any atom is 0.315 e. The first-order valence-corrected chi connectivity index (χ1v) is 7.05. The lowest BCUT2D eigenvalue weighted by Crippen LogP contribution is -2.47. The van der Waals surface area contributed by atoms with Crippen LogP contribution in [0.2, 0.25) is 0 Å². The van der Waals surface area contributed by atoms with Crippen LogP contribution >= 0.6 is 0 Å². The zero-order valence-corrected chi connectivity index (χ0v) is 12.1. The molecular formula is C15H20F2N2O2. The number of rotatable bonds is 5. The van der Waals surface area contributed by atoms with Gasteiger partial charge >= 0.3 is 6.03 Å². The fourth-order valence-corrected chi connectivity index (χ4v) is 2.31. The largest absolute Gasteiger partial charge is 0.394 e. The molecule has 0 aromatic heterocycles. The first-order valence-electron chi connectivity index (χ1n) is 7.05. The highest BCUT2D eigenvalue weighted by Crippen LogP contribution is 2.42. The minimum atomic E-state index is -0.872. The van der Waals surface area contributed by atoms with E-state index < -0.39 is 17.7 Å². The number of amides is 2. The number of urea groups is 1. The van der Waals surface area contributed by atoms with Crippen LogP contribution in [0.25, 0.3) is 0 Å². The Hall–Kier alpha value is -1.69. The Morgan fingerprint density at radius 3 is 2.76 bits per heavy atom. The lowest BCUT2D eigenvalue weighted by Gasteiger charge is -2.20. The highest BCUT2D eigenvalue weighted by atomic mass is 19.2. The predicted octanol–water partition coefficient (Wildman–Crippen LogP) is 2.14. The first kappa shape index (κ1) is 15.7. The van der Waals surface area contributed by atoms with Crippen molar-refractivity contribution in [2.45, 2.75) is 38.3 Å². The lowest BCUT2D eigenvalue weighted by molar-refractivity contribution is 0.198. The summed E-state index contributed by atoms with van der Waals surface area (Å²) in [5.41, 5.74) is 0.294. The van der Waals surface area contributed by atoms with Gasteiger partial charge in [-0.2, -0.15) is 0 Å². The molecule has 21 heavy (non-hydrogen) atoms. The third kappa shape index (κ3) is 3.69. The molecule has 1 aromatic carbocycles. The summed E-state index contributed by atoms with van der Waals surface area (Å²) >= 11 is 0. The summed E-state index contributed by atoms with van der Waals surface area (Å²) in [6, 6.07) is 3.15. The van der Waals surface area contributed by atoms with E-state index in [1.807, 2.05) is 13.8 Å². The van der Waals surface area contributed by atoms with Gasteiger partial charge in [0.1, 0.15) is 0 Å². The van der Waals surface area contributed by atoms with Gasteiger partial charge in [0.25, 0.3) is 0 Å². The Balaban J connectivity index is 1.89. The number of aliphatic hydroxyl groups is 1. The molecule has 2 amide bonds. The number of aliphatic hydroxyl groups excluding tert-OH is 1. The molecule has 0 unspecified atom stereocenters. The SMILES string of the molecule is CC(C)[C@@H](CO)NC(=O)N[C@H]1C[C@@H]1c1cccc(F)c1F. The molecule has 1 aromatic rings. The number of hydrogen-bond acceptors (Lipinski definition) is 2. The number of carbonyl (C=O) groups is 1. The molecule has 1 saturated carbocycles. The smallest absolute Gasteiger partial charge is 0.315 e. The fraction of sp³-hybridized carbons (Fsp3) is 0.533. The van der Waals surface area contributed by atoms with E-state index in [1.54, 1.807) is 0 Å². The first-order chi connectivity index (χ1) is 9.93. The third-order valence-electron chi connectivity index (χ3n) is 3.81. The van der Waals surface area contributed by atoms with Crippen molar-refractivity contribution in [2.24, 2.45) is 5.92 Å². The van der Waals surface area contributed by atoms with E-state index in [0.29, 0.717) is 12.0 Å². The summed E-state index contributed by atoms with van der Waals surface area (Å²) in [5, 5.41) is 14.5. The van der Waals surface area contributed by atoms with Crippen molar-refractivity contribution in [3.05, 3.63) is 35.4 Å². The molecule has 1 aliphatic rings. The maximum absolute atomic E-state index is 13.6. The van der Waals surface area contributed by atoms with Crippen LogP contribution in [0.3, 0.4) is 0 Å². The molecule has 0 saturated heterocycles. The van der Waals surface area contributed by atoms with Gasteiger partial charge in [0.15, 0.2) is 11.6 Å². The Morgan fingerprint density at radius 2 is 2.14 bits per heavy atom. The second kappa shape index (κ2) is 6.39. The standard InChI is InChI=1S/C15H20F2N2O2/c1-8(2)13(7-20)19-15(21)18-12-6-10(12)9-4-3-5-11(16)14(9)17/h3-5,8,10,12-13,20H,6-7H2,1-2H3,(H2,18,19,21)/t10-,12+,13-/m1/s1. The second-order valence-corrected chi connectivity index (χ2v) is 5.74. The van der Waals surface area contributed by atoms with Crippen LogP contribution in [0.5, 0.6) is 0 Å². The van der Waals surface area contributed by atoms with Crippen molar-refractivity contribution in [2.75, 3.05) is 6.61 Å². The van der Waals surface area contributed by atoms with E-state index in [9.17, 15) is 13.6 Å². The summed E-state index contributed by atoms with van der Waals surface area (Å²) in [7, 11) is 0. The molecule has 1 aliphatic carbocycles. The van der Waals surface area contributed by atoms with Crippen molar-refractivity contribution in [3.8, 4) is 0 Å². The number of benzene rings is 1. The predicted molar refractivity (Wildman–Crippen MR) is 74.9 cm³/mol. The number of halogens is 2. The van der Waals surface area contributed by atoms with Gasteiger partial charge in [-0.15, -0.1) is 0 Å². The van der Waals surface area contributed by atoms with E-state index in [4.69, 9.17) is 5.11 Å². The van der Waals surface area contributed by atoms with E-state index >= 15 is 0 Å². The molecule has 0 radical (unpaired) electrons. The van der Waals surface area contributed by atoms with Crippen LogP contribution in [-0.4, -0.2) is 29.8 Å². The molecule has 3 N–H and O–H groups in total. The average molecular weight is 298 g/mol. The van der Waals surface area contributed by atoms with Crippen molar-refractivity contribution < 1.29 is 18.7 Å². The third-order valence-corrected chi connectivity index (χ3v) is 3.81. The van der Waals surface area contributed by atoms with Crippen LogP contribution in [-0.2, 0) is 0 Å². The van der Waals surface area contributed by atoms with E-state index in [2.05, 4.69) is 10.6 Å². The number of hydrogen-bond donors (Lipinski definition) is 3. The lowest BCUT2D eigenvalue weighted by atomic mass is 10.1. The molecule has 4 nitrogen and oxygen atoms in total. The van der Waals surface area contributed by atoms with Gasteiger partial charge in [-0.3, -0.25) is 0 Å².